The minimum absolute atomic E-state index is 0.144. The van der Waals surface area contributed by atoms with E-state index in [-0.39, 0.29) is 5.43 Å². The van der Waals surface area contributed by atoms with E-state index in [9.17, 15) is 39.6 Å². The van der Waals surface area contributed by atoms with Gasteiger partial charge in [-0.05, 0) is 29.7 Å². The Morgan fingerprint density at radius 3 is 2.07 bits per heavy atom. The van der Waals surface area contributed by atoms with Crippen molar-refractivity contribution in [3.05, 3.63) is 65.2 Å². The van der Waals surface area contributed by atoms with Gasteiger partial charge < -0.3 is 19.8 Å². The highest BCUT2D eigenvalue weighted by Gasteiger charge is 2.29. The third-order valence-electron chi connectivity index (χ3n) is 5.73. The second kappa shape index (κ2) is 12.2. The number of H-pyrrole nitrogens is 1. The van der Waals surface area contributed by atoms with Crippen molar-refractivity contribution in [3.8, 4) is 11.1 Å². The van der Waals surface area contributed by atoms with E-state index >= 15 is 0 Å². The average molecular weight is 635 g/mol. The van der Waals surface area contributed by atoms with Crippen molar-refractivity contribution in [2.75, 3.05) is 11.0 Å². The summed E-state index contributed by atoms with van der Waals surface area (Å²) in [5.74, 6) is -6.01. The molecule has 18 heteroatoms. The van der Waals surface area contributed by atoms with Crippen LogP contribution in [0.5, 0.6) is 0 Å². The summed E-state index contributed by atoms with van der Waals surface area (Å²) in [4.78, 5) is 34.1. The van der Waals surface area contributed by atoms with E-state index in [1.807, 2.05) is 24.4 Å². The molecule has 0 aliphatic carbocycles. The Hall–Kier alpha value is -4.74. The van der Waals surface area contributed by atoms with Gasteiger partial charge in [0, 0.05) is 23.6 Å². The van der Waals surface area contributed by atoms with Gasteiger partial charge in [0.25, 0.3) is 0 Å². The van der Waals surface area contributed by atoms with Gasteiger partial charge in [0.15, 0.2) is 18.2 Å². The number of aliphatic carboxylic acids is 2. The number of anilines is 1. The molecule has 1 aliphatic heterocycles. The number of sulfonamides is 1. The Morgan fingerprint density at radius 1 is 0.953 bits per heavy atom. The van der Waals surface area contributed by atoms with E-state index in [1.54, 1.807) is 18.2 Å². The van der Waals surface area contributed by atoms with Crippen LogP contribution in [0.15, 0.2) is 59.8 Å². The molecule has 0 spiro atoms. The van der Waals surface area contributed by atoms with E-state index in [0.29, 0.717) is 16.5 Å². The summed E-state index contributed by atoms with van der Waals surface area (Å²) >= 11 is 0. The molecule has 0 bridgehead atoms. The van der Waals surface area contributed by atoms with Gasteiger partial charge in [0.05, 0.1) is 35.5 Å². The second-order valence-electron chi connectivity index (χ2n) is 9.02. The van der Waals surface area contributed by atoms with Crippen LogP contribution in [0.3, 0.4) is 0 Å². The quantitative estimate of drug-likeness (QED) is 0.250. The molecular weight excluding hydrogens is 614 g/mol. The molecule has 2 N–H and O–H groups in total. The number of alkyl halides is 6. The van der Waals surface area contributed by atoms with Crippen LogP contribution in [-0.2, 0) is 32.7 Å². The van der Waals surface area contributed by atoms with E-state index in [0.717, 1.165) is 47.8 Å². The lowest BCUT2D eigenvalue weighted by atomic mass is 10.1. The molecule has 0 saturated heterocycles. The maximum absolute atomic E-state index is 13.3. The fourth-order valence-corrected chi connectivity index (χ4v) is 4.48. The molecule has 0 unspecified atom stereocenters. The first-order valence-corrected chi connectivity index (χ1v) is 13.7. The Labute approximate surface area is 237 Å². The number of halogens is 6. The Kier molecular flexibility index (Phi) is 9.33. The summed E-state index contributed by atoms with van der Waals surface area (Å²) in [5, 5.41) is 19.3. The third kappa shape index (κ3) is 8.63. The number of aromatic nitrogens is 3. The Balaban J connectivity index is 0.000000303. The minimum atomic E-state index is -5.19. The van der Waals surface area contributed by atoms with Crippen molar-refractivity contribution in [2.45, 2.75) is 31.9 Å². The minimum Gasteiger partial charge on any atom is -0.542 e. The SMILES string of the molecule is CS(=O)(=O)Nc1ccc2ccc3[nH+]cc(-c4cn5[n+](c4)CCC5)cc3c(=O)c2c1.O=C([O-])C(F)(F)F.O=C([O-])C(F)(F)F. The predicted molar refractivity (Wildman–Crippen MR) is 133 cm³/mol. The van der Waals surface area contributed by atoms with Crippen LogP contribution in [0.2, 0.25) is 0 Å². The van der Waals surface area contributed by atoms with Crippen LogP contribution in [-0.4, -0.2) is 43.6 Å². The molecule has 0 radical (unpaired) electrons. The average Bonchev–Trinajstić information content (AvgIpc) is 3.45. The molecule has 1 aliphatic rings. The number of carbonyl (C=O) groups excluding carboxylic acids is 2. The third-order valence-corrected chi connectivity index (χ3v) is 6.33. The number of carbonyl (C=O) groups is 2. The number of rotatable bonds is 3. The Bertz CT molecular complexity index is 1830. The number of carboxylic acid groups (broad SMARTS) is 2. The number of aryl methyl sites for hydroxylation is 2. The molecule has 5 rings (SSSR count). The van der Waals surface area contributed by atoms with E-state index < -0.39 is 34.3 Å². The predicted octanol–water partition coefficient (Wildman–Crippen LogP) is 0.296. The fraction of sp³-hybridized carbons (Fsp3) is 0.240. The van der Waals surface area contributed by atoms with E-state index in [2.05, 4.69) is 31.5 Å². The van der Waals surface area contributed by atoms with Gasteiger partial charge in [-0.15, -0.1) is 4.68 Å². The molecule has 2 aromatic heterocycles. The lowest BCUT2D eigenvalue weighted by Gasteiger charge is -2.03. The molecule has 230 valence electrons. The zero-order chi connectivity index (χ0) is 32.3. The van der Waals surface area contributed by atoms with E-state index in [4.69, 9.17) is 19.8 Å². The number of pyridine rings is 1. The number of carboxylic acids is 2. The van der Waals surface area contributed by atoms with Gasteiger partial charge in [-0.2, -0.15) is 31.0 Å². The molecule has 0 fully saturated rings. The fourth-order valence-electron chi connectivity index (χ4n) is 3.93. The lowest BCUT2D eigenvalue weighted by Crippen LogP contribution is -2.37. The van der Waals surface area contributed by atoms with Gasteiger partial charge in [-0.1, -0.05) is 6.07 Å². The number of hydrogen-bond donors (Lipinski definition) is 1. The zero-order valence-electron chi connectivity index (χ0n) is 21.7. The van der Waals surface area contributed by atoms with Crippen molar-refractivity contribution in [2.24, 2.45) is 0 Å². The number of hydrogen-bond acceptors (Lipinski definition) is 7. The topological polar surface area (TPSA) is 166 Å². The van der Waals surface area contributed by atoms with Gasteiger partial charge >= 0.3 is 12.4 Å². The first-order chi connectivity index (χ1) is 19.8. The number of benzene rings is 1. The highest BCUT2D eigenvalue weighted by molar-refractivity contribution is 7.92. The molecule has 43 heavy (non-hydrogen) atoms. The molecule has 3 heterocycles. The summed E-state index contributed by atoms with van der Waals surface area (Å²) in [6.45, 7) is 2.00. The lowest BCUT2D eigenvalue weighted by molar-refractivity contribution is -0.757. The van der Waals surface area contributed by atoms with Crippen LogP contribution in [0, 0.1) is 0 Å². The molecule has 11 nitrogen and oxygen atoms in total. The van der Waals surface area contributed by atoms with Crippen LogP contribution in [0.4, 0.5) is 32.0 Å². The number of fused-ring (bicyclic) bond motifs is 3. The zero-order valence-corrected chi connectivity index (χ0v) is 22.6. The van der Waals surface area contributed by atoms with Crippen molar-refractivity contribution in [3.63, 3.8) is 0 Å². The molecule has 4 aromatic rings. The largest absolute Gasteiger partial charge is 0.542 e. The van der Waals surface area contributed by atoms with Gasteiger partial charge in [0.2, 0.25) is 21.7 Å². The standard InChI is InChI=1S/C21H18N4O3S.2C2HF3O2/c1-29(27,28)23-17-5-3-14-4-6-20-19(21(26)18(14)10-17)9-15(11-22-20)16-12-24-7-2-8-25(24)13-16;2*3-2(4,5)1(6)7/h3-6,9-13H,2,7-8H2,1H3;2*(H,6,7). The van der Waals surface area contributed by atoms with Gasteiger partial charge in [0.1, 0.15) is 11.9 Å². The monoisotopic (exact) mass is 634 g/mol. The first kappa shape index (κ1) is 32.8. The number of nitrogens with one attached hydrogen (secondary N) is 2. The summed E-state index contributed by atoms with van der Waals surface area (Å²) in [6.07, 6.45) is -2.05. The highest BCUT2D eigenvalue weighted by atomic mass is 32.2. The summed E-state index contributed by atoms with van der Waals surface area (Å²) in [5.41, 5.74) is 2.95. The second-order valence-corrected chi connectivity index (χ2v) is 10.8. The van der Waals surface area contributed by atoms with Crippen LogP contribution >= 0.6 is 0 Å². The van der Waals surface area contributed by atoms with Crippen LogP contribution in [0.1, 0.15) is 6.42 Å². The molecule has 0 saturated carbocycles. The van der Waals surface area contributed by atoms with Gasteiger partial charge in [-0.25, -0.2) is 13.4 Å². The maximum Gasteiger partial charge on any atom is 0.430 e. The number of nitrogens with zero attached hydrogens (tertiary/aromatic N) is 2. The van der Waals surface area contributed by atoms with Gasteiger partial charge in [-0.3, -0.25) is 9.52 Å². The summed E-state index contributed by atoms with van der Waals surface area (Å²) in [6, 6.07) is 10.6. The Morgan fingerprint density at radius 2 is 1.53 bits per heavy atom. The molecule has 2 aromatic carbocycles. The van der Waals surface area contributed by atoms with Crippen molar-refractivity contribution >= 4 is 49.3 Å². The summed E-state index contributed by atoms with van der Waals surface area (Å²) in [7, 11) is -3.42. The van der Waals surface area contributed by atoms with Crippen molar-refractivity contribution < 1.29 is 64.2 Å². The van der Waals surface area contributed by atoms with E-state index in [1.165, 1.54) is 0 Å². The van der Waals surface area contributed by atoms with Crippen LogP contribution in [0.25, 0.3) is 32.8 Å². The van der Waals surface area contributed by atoms with Crippen LogP contribution < -0.4 is 30.0 Å². The number of aromatic amines is 1. The smallest absolute Gasteiger partial charge is 0.430 e. The summed E-state index contributed by atoms with van der Waals surface area (Å²) < 4.78 is 93.0. The molecular formula is C25H20F6N4O7S. The van der Waals surface area contributed by atoms with Crippen molar-refractivity contribution in [1.82, 2.24) is 4.68 Å². The molecule has 0 atom stereocenters. The molecule has 0 amide bonds. The maximum atomic E-state index is 13.3. The first-order valence-electron chi connectivity index (χ1n) is 11.8. The van der Waals surface area contributed by atoms with Crippen molar-refractivity contribution in [1.29, 1.82) is 0 Å². The highest BCUT2D eigenvalue weighted by Crippen LogP contribution is 2.22. The normalized spacial score (nSPS) is 12.9.